The number of rotatable bonds is 4. The van der Waals surface area contributed by atoms with Crippen molar-refractivity contribution in [2.75, 3.05) is 19.6 Å². The zero-order chi connectivity index (χ0) is 29.1. The Balaban J connectivity index is 1.20. The van der Waals surface area contributed by atoms with Crippen LogP contribution in [0.15, 0.2) is 28.5 Å². The molecule has 0 saturated carbocycles. The van der Waals surface area contributed by atoms with Crippen molar-refractivity contribution in [3.63, 3.8) is 0 Å². The van der Waals surface area contributed by atoms with E-state index in [0.717, 1.165) is 32.3 Å². The summed E-state index contributed by atoms with van der Waals surface area (Å²) in [5.74, 6) is -0.424. The molecule has 0 bridgehead atoms. The monoisotopic (exact) mass is 613 g/mol. The number of likely N-dealkylation sites (tertiary alicyclic amines) is 1. The van der Waals surface area contributed by atoms with E-state index < -0.39 is 5.92 Å². The van der Waals surface area contributed by atoms with Crippen LogP contribution in [0.25, 0.3) is 21.1 Å². The lowest BCUT2D eigenvalue weighted by atomic mass is 9.89. The van der Waals surface area contributed by atoms with Crippen LogP contribution in [0.5, 0.6) is 0 Å². The van der Waals surface area contributed by atoms with Crippen molar-refractivity contribution in [1.82, 2.24) is 25.0 Å². The number of thiophene rings is 1. The fraction of sp³-hybridized carbons (Fsp3) is 0.467. The van der Waals surface area contributed by atoms with Gasteiger partial charge in [-0.3, -0.25) is 19.5 Å². The van der Waals surface area contributed by atoms with Gasteiger partial charge >= 0.3 is 0 Å². The van der Waals surface area contributed by atoms with E-state index in [-0.39, 0.29) is 35.1 Å². The second-order valence-electron chi connectivity index (χ2n) is 12.5. The molecule has 1 aromatic carbocycles. The first-order valence-corrected chi connectivity index (χ1v) is 15.6. The van der Waals surface area contributed by atoms with Crippen LogP contribution >= 0.6 is 34.5 Å². The highest BCUT2D eigenvalue weighted by Gasteiger charge is 2.36. The van der Waals surface area contributed by atoms with Crippen molar-refractivity contribution < 1.29 is 9.59 Å². The largest absolute Gasteiger partial charge is 0.343 e. The molecule has 2 N–H and O–H groups in total. The number of aromatic nitrogens is 3. The highest BCUT2D eigenvalue weighted by molar-refractivity contribution is 7.17. The number of carbonyl (C=O) groups is 2. The third kappa shape index (κ3) is 5.51. The normalized spacial score (nSPS) is 18.8. The predicted molar refractivity (Wildman–Crippen MR) is 164 cm³/mol. The summed E-state index contributed by atoms with van der Waals surface area (Å²) in [5, 5.41) is 11.0. The highest BCUT2D eigenvalue weighted by atomic mass is 35.5. The highest BCUT2D eigenvalue weighted by Crippen LogP contribution is 2.36. The molecule has 4 aromatic rings. The summed E-state index contributed by atoms with van der Waals surface area (Å²) in [6.45, 7) is 8.49. The van der Waals surface area contributed by atoms with E-state index >= 15 is 0 Å². The Morgan fingerprint density at radius 1 is 1.12 bits per heavy atom. The number of hydrogen-bond donors (Lipinski definition) is 2. The first-order valence-electron chi connectivity index (χ1n) is 14.0. The maximum Gasteiger partial charge on any atom is 0.251 e. The molecule has 2 aliphatic rings. The van der Waals surface area contributed by atoms with Crippen LogP contribution < -0.4 is 5.56 Å². The average molecular weight is 615 g/mol. The number of pyridine rings is 1. The van der Waals surface area contributed by atoms with Gasteiger partial charge in [-0.1, -0.05) is 44.0 Å². The molecule has 1 fully saturated rings. The van der Waals surface area contributed by atoms with E-state index in [1.165, 1.54) is 11.3 Å². The smallest absolute Gasteiger partial charge is 0.251 e. The van der Waals surface area contributed by atoms with Crippen molar-refractivity contribution in [2.24, 2.45) is 11.3 Å². The lowest BCUT2D eigenvalue weighted by Crippen LogP contribution is -2.43. The van der Waals surface area contributed by atoms with E-state index in [2.05, 4.69) is 36.0 Å². The number of aromatic amines is 2. The molecule has 1 saturated heterocycles. The van der Waals surface area contributed by atoms with E-state index in [4.69, 9.17) is 23.2 Å². The molecule has 1 atom stereocenters. The number of carbonyl (C=O) groups excluding carboxylic acids is 2. The zero-order valence-corrected chi connectivity index (χ0v) is 25.7. The van der Waals surface area contributed by atoms with Crippen molar-refractivity contribution in [2.45, 2.75) is 58.9 Å². The summed E-state index contributed by atoms with van der Waals surface area (Å²) in [4.78, 5) is 47.0. The quantitative estimate of drug-likeness (QED) is 0.289. The fourth-order valence-corrected chi connectivity index (χ4v) is 7.79. The number of nitrogens with zero attached hydrogens (tertiary/aromatic N) is 3. The molecule has 8 nitrogen and oxygen atoms in total. The van der Waals surface area contributed by atoms with Gasteiger partial charge in [0.05, 0.1) is 37.9 Å². The van der Waals surface area contributed by atoms with Gasteiger partial charge in [-0.15, -0.1) is 11.3 Å². The Morgan fingerprint density at radius 3 is 2.61 bits per heavy atom. The predicted octanol–water partition coefficient (Wildman–Crippen LogP) is 6.12. The Labute approximate surface area is 252 Å². The number of fused-ring (bicyclic) bond motifs is 4. The molecular formula is C30H33Cl2N5O3S. The summed E-state index contributed by atoms with van der Waals surface area (Å²) in [5.41, 5.74) is 4.02. The van der Waals surface area contributed by atoms with Crippen molar-refractivity contribution in [1.29, 1.82) is 0 Å². The molecule has 0 aliphatic carbocycles. The van der Waals surface area contributed by atoms with Crippen molar-refractivity contribution >= 4 is 67.5 Å². The maximum absolute atomic E-state index is 13.9. The minimum atomic E-state index is -0.474. The Hall–Kier alpha value is -2.88. The van der Waals surface area contributed by atoms with Crippen LogP contribution in [0.4, 0.5) is 0 Å². The van der Waals surface area contributed by atoms with Gasteiger partial charge in [-0.05, 0) is 53.9 Å². The van der Waals surface area contributed by atoms with E-state index in [9.17, 15) is 14.4 Å². The van der Waals surface area contributed by atoms with Gasteiger partial charge in [-0.2, -0.15) is 5.10 Å². The lowest BCUT2D eigenvalue weighted by molar-refractivity contribution is -0.142. The van der Waals surface area contributed by atoms with Gasteiger partial charge in [0.1, 0.15) is 0 Å². The molecule has 2 aliphatic heterocycles. The molecule has 0 spiro atoms. The van der Waals surface area contributed by atoms with Crippen molar-refractivity contribution in [3.8, 4) is 0 Å². The Bertz CT molecular complexity index is 1710. The summed E-state index contributed by atoms with van der Waals surface area (Å²) in [6.07, 6.45) is 3.77. The number of piperidine rings is 1. The molecule has 41 heavy (non-hydrogen) atoms. The minimum absolute atomic E-state index is 0.00146. The first-order chi connectivity index (χ1) is 19.5. The summed E-state index contributed by atoms with van der Waals surface area (Å²) in [6, 6.07) is 3.86. The number of benzene rings is 1. The van der Waals surface area contributed by atoms with Gasteiger partial charge in [0.25, 0.3) is 5.56 Å². The van der Waals surface area contributed by atoms with Crippen LogP contribution in [0.2, 0.25) is 10.0 Å². The third-order valence-electron chi connectivity index (χ3n) is 8.30. The van der Waals surface area contributed by atoms with Gasteiger partial charge < -0.3 is 14.8 Å². The maximum atomic E-state index is 13.9. The summed E-state index contributed by atoms with van der Waals surface area (Å²) in [7, 11) is 0. The second-order valence-corrected chi connectivity index (χ2v) is 14.3. The Morgan fingerprint density at radius 2 is 1.88 bits per heavy atom. The minimum Gasteiger partial charge on any atom is -0.343 e. The van der Waals surface area contributed by atoms with Gasteiger partial charge in [-0.25, -0.2) is 0 Å². The molecule has 6 rings (SSSR count). The van der Waals surface area contributed by atoms with Gasteiger partial charge in [0.2, 0.25) is 11.8 Å². The van der Waals surface area contributed by atoms with E-state index in [0.29, 0.717) is 61.0 Å². The van der Waals surface area contributed by atoms with Crippen molar-refractivity contribution in [3.05, 3.63) is 60.8 Å². The topological polar surface area (TPSA) is 102 Å². The standard InChI is InChI=1S/C30H33Cl2N5O3S/c1-30(2,3)15-37-13-21-17(9-22(31)26-20(21)12-33-35-26)8-18(29(37)40)10-25(38)36-6-4-16(5-7-36)19-11-24-27(34-28(19)39)23(32)14-41-24/h9,11-12,14,16,18H,4-8,10,13,15H2,1-3H3,(H,33,35)(H,34,39)/t18-/m0/s1. The van der Waals surface area contributed by atoms with Crippen LogP contribution in [0, 0.1) is 11.3 Å². The molecule has 3 aromatic heterocycles. The SMILES string of the molecule is CC(C)(C)CN1Cc2c(cc(Cl)c3[nH]ncc23)C[C@@H](CC(=O)N2CCC(c3cc4scc(Cl)c4[nH]c3=O)CC2)C1=O. The summed E-state index contributed by atoms with van der Waals surface area (Å²) < 4.78 is 0.961. The molecule has 216 valence electrons. The third-order valence-corrected chi connectivity index (χ3v) is 9.96. The molecule has 2 amide bonds. The molecule has 11 heteroatoms. The van der Waals surface area contributed by atoms with Crippen LogP contribution in [0.3, 0.4) is 0 Å². The Kier molecular flexibility index (Phi) is 7.41. The number of hydrogen-bond acceptors (Lipinski definition) is 5. The number of amides is 2. The van der Waals surface area contributed by atoms with Gasteiger partial charge in [0, 0.05) is 48.9 Å². The molecule has 0 radical (unpaired) electrons. The van der Waals surface area contributed by atoms with Crippen LogP contribution in [-0.4, -0.2) is 56.4 Å². The first kappa shape index (κ1) is 28.2. The number of nitrogens with one attached hydrogen (secondary N) is 2. The molecule has 5 heterocycles. The van der Waals surface area contributed by atoms with E-state index in [1.807, 2.05) is 27.3 Å². The fourth-order valence-electron chi connectivity index (χ4n) is 6.35. The van der Waals surface area contributed by atoms with Crippen LogP contribution in [-0.2, 0) is 22.6 Å². The lowest BCUT2D eigenvalue weighted by Gasteiger charge is -2.34. The summed E-state index contributed by atoms with van der Waals surface area (Å²) >= 11 is 14.3. The van der Waals surface area contributed by atoms with E-state index in [1.54, 1.807) is 6.20 Å². The second kappa shape index (κ2) is 10.7. The average Bonchev–Trinajstić information content (AvgIpc) is 3.53. The van der Waals surface area contributed by atoms with Gasteiger partial charge in [0.15, 0.2) is 0 Å². The zero-order valence-electron chi connectivity index (χ0n) is 23.4. The number of halogens is 2. The molecule has 0 unspecified atom stereocenters. The van der Waals surface area contributed by atoms with Crippen LogP contribution in [0.1, 0.15) is 62.6 Å². The molecular weight excluding hydrogens is 581 g/mol. The number of H-pyrrole nitrogens is 2.